The first-order chi connectivity index (χ1) is 11.5. The Morgan fingerprint density at radius 2 is 2.17 bits per heavy atom. The van der Waals surface area contributed by atoms with E-state index in [-0.39, 0.29) is 24.3 Å². The van der Waals surface area contributed by atoms with Gasteiger partial charge in [0.25, 0.3) is 5.91 Å². The zero-order valence-corrected chi connectivity index (χ0v) is 14.2. The van der Waals surface area contributed by atoms with Crippen LogP contribution in [-0.4, -0.2) is 33.6 Å². The van der Waals surface area contributed by atoms with Crippen molar-refractivity contribution in [3.05, 3.63) is 47.3 Å². The zero-order valence-electron chi connectivity index (χ0n) is 13.4. The fraction of sp³-hybridized carbons (Fsp3) is 0.250. The summed E-state index contributed by atoms with van der Waals surface area (Å²) in [4.78, 5) is 27.4. The molecule has 0 radical (unpaired) electrons. The number of allylic oxidation sites excluding steroid dienone is 1. The van der Waals surface area contributed by atoms with Gasteiger partial charge < -0.3 is 5.32 Å². The summed E-state index contributed by atoms with van der Waals surface area (Å²) < 4.78 is 1.34. The number of benzene rings is 1. The standard InChI is InChI=1S/C16H18ClN5O2/c1-3-11(12-5-4-6-13(17)7-12)8-14(23)20-16-19-10-22(21-16)9-15(24)18-2/h4-8,10H,3,9H2,1-2H3,(H,18,24)(H,20,21,23)/b11-8+. The summed E-state index contributed by atoms with van der Waals surface area (Å²) in [5.41, 5.74) is 1.73. The van der Waals surface area contributed by atoms with E-state index in [1.807, 2.05) is 19.1 Å². The number of amides is 2. The maximum absolute atomic E-state index is 12.1. The van der Waals surface area contributed by atoms with Crippen molar-refractivity contribution >= 4 is 34.9 Å². The molecule has 0 spiro atoms. The van der Waals surface area contributed by atoms with Crippen LogP contribution in [0.2, 0.25) is 5.02 Å². The van der Waals surface area contributed by atoms with Crippen molar-refractivity contribution in [1.29, 1.82) is 0 Å². The van der Waals surface area contributed by atoms with Gasteiger partial charge in [-0.2, -0.15) is 0 Å². The van der Waals surface area contributed by atoms with Crippen LogP contribution in [0.3, 0.4) is 0 Å². The second kappa shape index (κ2) is 8.26. The van der Waals surface area contributed by atoms with Crippen LogP contribution in [0, 0.1) is 0 Å². The highest BCUT2D eigenvalue weighted by molar-refractivity contribution is 6.30. The van der Waals surface area contributed by atoms with E-state index in [1.165, 1.54) is 24.1 Å². The summed E-state index contributed by atoms with van der Waals surface area (Å²) in [6, 6.07) is 7.31. The molecule has 2 N–H and O–H groups in total. The molecule has 0 saturated heterocycles. The third-order valence-corrected chi connectivity index (χ3v) is 3.47. The van der Waals surface area contributed by atoms with Gasteiger partial charge in [-0.25, -0.2) is 9.67 Å². The third kappa shape index (κ3) is 4.92. The van der Waals surface area contributed by atoms with Gasteiger partial charge in [-0.15, -0.1) is 5.10 Å². The highest BCUT2D eigenvalue weighted by Crippen LogP contribution is 2.21. The summed E-state index contributed by atoms with van der Waals surface area (Å²) in [5, 5.41) is 9.70. The van der Waals surface area contributed by atoms with Crippen molar-refractivity contribution in [3.8, 4) is 0 Å². The van der Waals surface area contributed by atoms with Crippen LogP contribution in [0.5, 0.6) is 0 Å². The first kappa shape index (κ1) is 17.7. The van der Waals surface area contributed by atoms with Gasteiger partial charge in [0.05, 0.1) is 0 Å². The average molecular weight is 348 g/mol. The minimum absolute atomic E-state index is 0.0396. The van der Waals surface area contributed by atoms with Crippen LogP contribution in [-0.2, 0) is 16.1 Å². The van der Waals surface area contributed by atoms with Gasteiger partial charge >= 0.3 is 0 Å². The van der Waals surface area contributed by atoms with Crippen LogP contribution in [0.1, 0.15) is 18.9 Å². The van der Waals surface area contributed by atoms with E-state index in [4.69, 9.17) is 11.6 Å². The van der Waals surface area contributed by atoms with Crippen LogP contribution < -0.4 is 10.6 Å². The SMILES string of the molecule is CC/C(=C\C(=O)Nc1ncn(CC(=O)NC)n1)c1cccc(Cl)c1. The molecule has 2 aromatic rings. The van der Waals surface area contributed by atoms with Gasteiger partial charge in [0.1, 0.15) is 12.9 Å². The number of nitrogens with one attached hydrogen (secondary N) is 2. The Hall–Kier alpha value is -2.67. The number of hydrogen-bond donors (Lipinski definition) is 2. The predicted octanol–water partition coefficient (Wildman–Crippen LogP) is 2.11. The molecule has 0 aliphatic rings. The van der Waals surface area contributed by atoms with Gasteiger partial charge in [0.2, 0.25) is 11.9 Å². The van der Waals surface area contributed by atoms with Crippen molar-refractivity contribution < 1.29 is 9.59 Å². The van der Waals surface area contributed by atoms with Gasteiger partial charge in [0.15, 0.2) is 0 Å². The minimum Gasteiger partial charge on any atom is -0.358 e. The van der Waals surface area contributed by atoms with Crippen LogP contribution in [0.25, 0.3) is 5.57 Å². The number of nitrogens with zero attached hydrogens (tertiary/aromatic N) is 3. The second-order valence-corrected chi connectivity index (χ2v) is 5.40. The smallest absolute Gasteiger partial charge is 0.251 e. The summed E-state index contributed by atoms with van der Waals surface area (Å²) in [6.07, 6.45) is 3.55. The molecule has 0 aliphatic carbocycles. The van der Waals surface area contributed by atoms with E-state index in [0.29, 0.717) is 11.4 Å². The molecule has 1 aromatic carbocycles. The topological polar surface area (TPSA) is 88.9 Å². The van der Waals surface area contributed by atoms with Gasteiger partial charge in [-0.3, -0.25) is 14.9 Å². The van der Waals surface area contributed by atoms with E-state index in [2.05, 4.69) is 20.7 Å². The lowest BCUT2D eigenvalue weighted by Gasteiger charge is -2.05. The molecule has 0 unspecified atom stereocenters. The van der Waals surface area contributed by atoms with E-state index >= 15 is 0 Å². The number of carbonyl (C=O) groups is 2. The highest BCUT2D eigenvalue weighted by atomic mass is 35.5. The molecule has 0 aliphatic heterocycles. The second-order valence-electron chi connectivity index (χ2n) is 4.96. The van der Waals surface area contributed by atoms with E-state index in [0.717, 1.165) is 11.1 Å². The van der Waals surface area contributed by atoms with Crippen molar-refractivity contribution in [2.75, 3.05) is 12.4 Å². The Labute approximate surface area is 144 Å². The van der Waals surface area contributed by atoms with Crippen molar-refractivity contribution in [1.82, 2.24) is 20.1 Å². The molecule has 0 bridgehead atoms. The number of aromatic nitrogens is 3. The number of anilines is 1. The predicted molar refractivity (Wildman–Crippen MR) is 92.4 cm³/mol. The van der Waals surface area contributed by atoms with Crippen molar-refractivity contribution in [2.24, 2.45) is 0 Å². The zero-order chi connectivity index (χ0) is 17.5. The molecular formula is C16H18ClN5O2. The van der Waals surface area contributed by atoms with Gasteiger partial charge in [-0.05, 0) is 29.7 Å². The molecule has 1 aromatic heterocycles. The van der Waals surface area contributed by atoms with E-state index in [9.17, 15) is 9.59 Å². The lowest BCUT2D eigenvalue weighted by Crippen LogP contribution is -2.23. The molecule has 24 heavy (non-hydrogen) atoms. The molecule has 0 saturated carbocycles. The number of hydrogen-bond acceptors (Lipinski definition) is 4. The lowest BCUT2D eigenvalue weighted by atomic mass is 10.0. The molecule has 8 heteroatoms. The monoisotopic (exact) mass is 347 g/mol. The highest BCUT2D eigenvalue weighted by Gasteiger charge is 2.08. The van der Waals surface area contributed by atoms with Crippen LogP contribution in [0.4, 0.5) is 5.95 Å². The normalized spacial score (nSPS) is 11.2. The maximum atomic E-state index is 12.1. The molecule has 2 amide bonds. The molecule has 2 rings (SSSR count). The third-order valence-electron chi connectivity index (χ3n) is 3.24. The summed E-state index contributed by atoms with van der Waals surface area (Å²) in [7, 11) is 1.54. The molecule has 126 valence electrons. The van der Waals surface area contributed by atoms with Crippen LogP contribution >= 0.6 is 11.6 Å². The minimum atomic E-state index is -0.343. The number of likely N-dealkylation sites (N-methyl/N-ethyl adjacent to an activating group) is 1. The Morgan fingerprint density at radius 3 is 2.83 bits per heavy atom. The van der Waals surface area contributed by atoms with Gasteiger partial charge in [-0.1, -0.05) is 30.7 Å². The van der Waals surface area contributed by atoms with E-state index in [1.54, 1.807) is 12.1 Å². The Morgan fingerprint density at radius 1 is 1.38 bits per heavy atom. The quantitative estimate of drug-likeness (QED) is 0.783. The summed E-state index contributed by atoms with van der Waals surface area (Å²) in [6.45, 7) is 1.99. The summed E-state index contributed by atoms with van der Waals surface area (Å²) in [5.74, 6) is -0.405. The Balaban J connectivity index is 2.07. The fourth-order valence-electron chi connectivity index (χ4n) is 2.04. The average Bonchev–Trinajstić information content (AvgIpc) is 2.99. The van der Waals surface area contributed by atoms with Crippen molar-refractivity contribution in [2.45, 2.75) is 19.9 Å². The first-order valence-electron chi connectivity index (χ1n) is 7.39. The maximum Gasteiger partial charge on any atom is 0.251 e. The first-order valence-corrected chi connectivity index (χ1v) is 7.77. The number of halogens is 1. The largest absolute Gasteiger partial charge is 0.358 e. The number of carbonyl (C=O) groups excluding carboxylic acids is 2. The van der Waals surface area contributed by atoms with Crippen LogP contribution in [0.15, 0.2) is 36.7 Å². The molecule has 0 atom stereocenters. The Kier molecular flexibility index (Phi) is 6.08. The molecule has 7 nitrogen and oxygen atoms in total. The lowest BCUT2D eigenvalue weighted by molar-refractivity contribution is -0.121. The fourth-order valence-corrected chi connectivity index (χ4v) is 2.23. The summed E-state index contributed by atoms with van der Waals surface area (Å²) >= 11 is 5.99. The van der Waals surface area contributed by atoms with Crippen molar-refractivity contribution in [3.63, 3.8) is 0 Å². The molecular weight excluding hydrogens is 330 g/mol. The molecule has 1 heterocycles. The van der Waals surface area contributed by atoms with Gasteiger partial charge in [0, 0.05) is 18.1 Å². The molecule has 0 fully saturated rings. The van der Waals surface area contributed by atoms with E-state index < -0.39 is 0 Å². The Bertz CT molecular complexity index is 769. The number of rotatable bonds is 6.